The molecule has 1 fully saturated rings. The van der Waals surface area contributed by atoms with Crippen molar-refractivity contribution in [2.75, 3.05) is 19.9 Å². The molecule has 7 rings (SSSR count). The van der Waals surface area contributed by atoms with Gasteiger partial charge in [-0.2, -0.15) is 0 Å². The second-order valence-corrected chi connectivity index (χ2v) is 10.5. The quantitative estimate of drug-likeness (QED) is 0.399. The van der Waals surface area contributed by atoms with Gasteiger partial charge in [0.1, 0.15) is 11.9 Å². The first kappa shape index (κ1) is 24.0. The summed E-state index contributed by atoms with van der Waals surface area (Å²) in [6.07, 6.45) is 8.48. The lowest BCUT2D eigenvalue weighted by Gasteiger charge is -2.34. The Morgan fingerprint density at radius 3 is 2.59 bits per heavy atom. The third-order valence-electron chi connectivity index (χ3n) is 8.16. The van der Waals surface area contributed by atoms with Crippen molar-refractivity contribution in [3.05, 3.63) is 81.7 Å². The number of nitrogens with zero attached hydrogens (tertiary/aromatic N) is 5. The number of H-pyrrole nitrogens is 1. The fourth-order valence-corrected chi connectivity index (χ4v) is 6.13. The van der Waals surface area contributed by atoms with Crippen LogP contribution in [0.3, 0.4) is 0 Å². The minimum Gasteiger partial charge on any atom is -0.454 e. The van der Waals surface area contributed by atoms with Crippen molar-refractivity contribution in [3.8, 4) is 11.5 Å². The number of aromatic nitrogens is 5. The van der Waals surface area contributed by atoms with Gasteiger partial charge in [-0.1, -0.05) is 37.5 Å². The molecule has 2 aliphatic heterocycles. The summed E-state index contributed by atoms with van der Waals surface area (Å²) >= 11 is 0. The predicted octanol–water partition coefficient (Wildman–Crippen LogP) is 4.77. The number of hydrogen-bond donors (Lipinski definition) is 1. The molecule has 3 aliphatic rings. The summed E-state index contributed by atoms with van der Waals surface area (Å²) in [6.45, 7) is 1.47. The smallest absolute Gasteiger partial charge is 0.253 e. The van der Waals surface area contributed by atoms with Crippen molar-refractivity contribution in [1.82, 2.24) is 30.1 Å². The highest BCUT2D eigenvalue weighted by Gasteiger charge is 2.33. The van der Waals surface area contributed by atoms with Crippen LogP contribution in [-0.4, -0.2) is 50.0 Å². The Balaban J connectivity index is 1.31. The monoisotopic (exact) mass is 528 g/mol. The molecular formula is C29H29FN6O3. The van der Waals surface area contributed by atoms with Crippen LogP contribution >= 0.6 is 0 Å². The number of halogens is 1. The number of ether oxygens (including phenoxy) is 2. The average Bonchev–Trinajstić information content (AvgIpc) is 3.63. The summed E-state index contributed by atoms with van der Waals surface area (Å²) in [5.74, 6) is 1.72. The number of nitrogens with one attached hydrogen (secondary N) is 1. The maximum atomic E-state index is 13.6. The zero-order valence-corrected chi connectivity index (χ0v) is 21.5. The Hall–Kier alpha value is -4.05. The third-order valence-corrected chi connectivity index (χ3v) is 8.16. The van der Waals surface area contributed by atoms with Crippen LogP contribution in [0.15, 0.2) is 53.3 Å². The van der Waals surface area contributed by atoms with Crippen LogP contribution in [0, 0.1) is 5.82 Å². The summed E-state index contributed by atoms with van der Waals surface area (Å²) in [7, 11) is 0. The van der Waals surface area contributed by atoms with Crippen LogP contribution in [0.1, 0.15) is 67.6 Å². The number of tetrazole rings is 1. The van der Waals surface area contributed by atoms with Crippen molar-refractivity contribution in [2.24, 2.45) is 0 Å². The zero-order chi connectivity index (χ0) is 26.3. The van der Waals surface area contributed by atoms with Crippen LogP contribution < -0.4 is 15.0 Å². The molecule has 2 aromatic carbocycles. The van der Waals surface area contributed by atoms with E-state index in [0.29, 0.717) is 41.5 Å². The van der Waals surface area contributed by atoms with Crippen LogP contribution in [0.5, 0.6) is 11.5 Å². The topological polar surface area (TPSA) is 98.2 Å². The molecule has 39 heavy (non-hydrogen) atoms. The molecule has 10 heteroatoms. The maximum absolute atomic E-state index is 13.6. The standard InChI is InChI=1S/C29H29FN6O3/c30-21-8-6-18(7-9-21)19-10-12-35(13-11-19)27(28-32-33-34-36(28)22-4-2-1-3-5-22)23-14-20-15-25-26(39-17-38-25)16-24(20)31-29(23)37/h6-10,14-16,22,27H,1-5,11-13,17H2,(H,31,37)/t27-/m1/s1. The third kappa shape index (κ3) is 4.48. The number of rotatable bonds is 5. The van der Waals surface area contributed by atoms with Gasteiger partial charge in [-0.15, -0.1) is 5.10 Å². The lowest BCUT2D eigenvalue weighted by atomic mass is 9.94. The number of hydrogen-bond acceptors (Lipinski definition) is 7. The van der Waals surface area contributed by atoms with E-state index in [1.807, 2.05) is 35.0 Å². The van der Waals surface area contributed by atoms with Gasteiger partial charge < -0.3 is 14.5 Å². The molecule has 0 amide bonds. The lowest BCUT2D eigenvalue weighted by molar-refractivity contribution is 0.174. The minimum absolute atomic E-state index is 0.165. The molecule has 0 spiro atoms. The molecule has 1 aliphatic carbocycles. The number of pyridine rings is 1. The summed E-state index contributed by atoms with van der Waals surface area (Å²) in [5.41, 5.74) is 3.27. The number of aromatic amines is 1. The lowest BCUT2D eigenvalue weighted by Crippen LogP contribution is -2.38. The van der Waals surface area contributed by atoms with E-state index in [1.54, 1.807) is 0 Å². The van der Waals surface area contributed by atoms with Gasteiger partial charge in [-0.3, -0.25) is 9.69 Å². The Morgan fingerprint density at radius 2 is 1.82 bits per heavy atom. The van der Waals surface area contributed by atoms with E-state index in [0.717, 1.165) is 48.6 Å². The Kier molecular flexibility index (Phi) is 6.11. The van der Waals surface area contributed by atoms with E-state index < -0.39 is 6.04 Å². The Morgan fingerprint density at radius 1 is 1.03 bits per heavy atom. The molecule has 1 N–H and O–H groups in total. The molecule has 0 unspecified atom stereocenters. The van der Waals surface area contributed by atoms with E-state index >= 15 is 0 Å². The molecule has 200 valence electrons. The maximum Gasteiger partial charge on any atom is 0.253 e. The van der Waals surface area contributed by atoms with Crippen molar-refractivity contribution < 1.29 is 13.9 Å². The molecular weight excluding hydrogens is 499 g/mol. The van der Waals surface area contributed by atoms with E-state index in [-0.39, 0.29) is 24.2 Å². The number of fused-ring (bicyclic) bond motifs is 2. The van der Waals surface area contributed by atoms with Gasteiger partial charge in [-0.05, 0) is 65.1 Å². The fourth-order valence-electron chi connectivity index (χ4n) is 6.13. The van der Waals surface area contributed by atoms with Gasteiger partial charge >= 0.3 is 0 Å². The molecule has 4 aromatic rings. The highest BCUT2D eigenvalue weighted by Crippen LogP contribution is 2.38. The van der Waals surface area contributed by atoms with E-state index in [2.05, 4.69) is 31.5 Å². The first-order valence-corrected chi connectivity index (χ1v) is 13.6. The van der Waals surface area contributed by atoms with E-state index in [9.17, 15) is 9.18 Å². The van der Waals surface area contributed by atoms with Gasteiger partial charge in [-0.25, -0.2) is 9.07 Å². The second kappa shape index (κ2) is 9.92. The molecule has 2 aromatic heterocycles. The average molecular weight is 529 g/mol. The van der Waals surface area contributed by atoms with Gasteiger partial charge in [0.2, 0.25) is 6.79 Å². The SMILES string of the molecule is O=c1[nH]c2cc3c(cc2cc1[C@H](c1nnnn1C1CCCCC1)N1CC=C(c2ccc(F)cc2)CC1)OCO3. The van der Waals surface area contributed by atoms with Gasteiger partial charge in [0.15, 0.2) is 17.3 Å². The minimum atomic E-state index is -0.438. The van der Waals surface area contributed by atoms with Crippen molar-refractivity contribution in [2.45, 2.75) is 50.6 Å². The Labute approximate surface area is 224 Å². The summed E-state index contributed by atoms with van der Waals surface area (Å²) in [4.78, 5) is 18.9. The normalized spacial score (nSPS) is 18.8. The van der Waals surface area contributed by atoms with Gasteiger partial charge in [0.25, 0.3) is 5.56 Å². The molecule has 1 saturated carbocycles. The second-order valence-electron chi connectivity index (χ2n) is 10.5. The molecule has 0 radical (unpaired) electrons. The fraction of sp³-hybridized carbons (Fsp3) is 0.379. The molecule has 0 saturated heterocycles. The zero-order valence-electron chi connectivity index (χ0n) is 21.5. The molecule has 4 heterocycles. The van der Waals surface area contributed by atoms with Crippen molar-refractivity contribution in [3.63, 3.8) is 0 Å². The van der Waals surface area contributed by atoms with Crippen LogP contribution in [0.25, 0.3) is 16.5 Å². The molecule has 9 nitrogen and oxygen atoms in total. The number of benzene rings is 2. The predicted molar refractivity (Wildman–Crippen MR) is 143 cm³/mol. The van der Waals surface area contributed by atoms with E-state index in [4.69, 9.17) is 9.47 Å². The first-order valence-electron chi connectivity index (χ1n) is 13.6. The van der Waals surface area contributed by atoms with E-state index in [1.165, 1.54) is 18.6 Å². The van der Waals surface area contributed by atoms with Gasteiger partial charge in [0.05, 0.1) is 11.6 Å². The van der Waals surface area contributed by atoms with Gasteiger partial charge in [0, 0.05) is 30.1 Å². The van der Waals surface area contributed by atoms with Crippen LogP contribution in [0.2, 0.25) is 0 Å². The van der Waals surface area contributed by atoms with Crippen LogP contribution in [-0.2, 0) is 0 Å². The summed E-state index contributed by atoms with van der Waals surface area (Å²) in [6, 6.07) is 12.0. The highest BCUT2D eigenvalue weighted by atomic mass is 19.1. The molecule has 1 atom stereocenters. The molecule has 0 bridgehead atoms. The van der Waals surface area contributed by atoms with Crippen molar-refractivity contribution in [1.29, 1.82) is 0 Å². The highest BCUT2D eigenvalue weighted by molar-refractivity contribution is 5.83. The Bertz CT molecular complexity index is 1610. The summed E-state index contributed by atoms with van der Waals surface area (Å²) < 4.78 is 26.5. The van der Waals surface area contributed by atoms with Crippen molar-refractivity contribution >= 4 is 16.5 Å². The summed E-state index contributed by atoms with van der Waals surface area (Å²) in [5, 5.41) is 13.9. The first-order chi connectivity index (χ1) is 19.1. The largest absolute Gasteiger partial charge is 0.454 e. The van der Waals surface area contributed by atoms with Crippen LogP contribution in [0.4, 0.5) is 4.39 Å².